The molecule has 1 N–H and O–H groups in total. The van der Waals surface area contributed by atoms with Gasteiger partial charge in [-0.15, -0.1) is 0 Å². The standard InChI is InChI=1S/C25H23Cl2N3O4/c1-28-25(32)23(14-17-7-3-2-4-8-17)29(16-18-11-12-20(26)21(27)13-18)24(31)15-19-9-5-6-10-22(19)30(33)34/h2-13,23H,14-16H2,1H3,(H,28,32)/t23-/m0/s1. The van der Waals surface area contributed by atoms with Crippen LogP contribution in [0.4, 0.5) is 5.69 Å². The van der Waals surface area contributed by atoms with Crippen molar-refractivity contribution in [1.29, 1.82) is 0 Å². The highest BCUT2D eigenvalue weighted by atomic mass is 35.5. The van der Waals surface area contributed by atoms with Crippen molar-refractivity contribution in [3.63, 3.8) is 0 Å². The van der Waals surface area contributed by atoms with Crippen LogP contribution in [0.15, 0.2) is 72.8 Å². The molecule has 0 aliphatic rings. The summed E-state index contributed by atoms with van der Waals surface area (Å²) in [6.07, 6.45) is 0.0330. The third-order valence-corrected chi connectivity index (χ3v) is 6.12. The molecule has 0 fully saturated rings. The van der Waals surface area contributed by atoms with Gasteiger partial charge in [-0.2, -0.15) is 0 Å². The van der Waals surface area contributed by atoms with E-state index in [2.05, 4.69) is 5.32 Å². The van der Waals surface area contributed by atoms with E-state index in [4.69, 9.17) is 23.2 Å². The number of carbonyl (C=O) groups excluding carboxylic acids is 2. The minimum Gasteiger partial charge on any atom is -0.357 e. The topological polar surface area (TPSA) is 92.6 Å². The van der Waals surface area contributed by atoms with Crippen LogP contribution in [-0.2, 0) is 29.0 Å². The fraction of sp³-hybridized carbons (Fsp3) is 0.200. The van der Waals surface area contributed by atoms with E-state index in [1.54, 1.807) is 36.4 Å². The summed E-state index contributed by atoms with van der Waals surface area (Å²) >= 11 is 12.2. The summed E-state index contributed by atoms with van der Waals surface area (Å²) < 4.78 is 0. The Labute approximate surface area is 207 Å². The van der Waals surface area contributed by atoms with E-state index in [-0.39, 0.29) is 36.5 Å². The molecule has 0 saturated heterocycles. The van der Waals surface area contributed by atoms with Crippen molar-refractivity contribution in [2.24, 2.45) is 0 Å². The molecule has 0 saturated carbocycles. The van der Waals surface area contributed by atoms with E-state index >= 15 is 0 Å². The van der Waals surface area contributed by atoms with Crippen LogP contribution in [0.25, 0.3) is 0 Å². The van der Waals surface area contributed by atoms with Crippen molar-refractivity contribution in [1.82, 2.24) is 10.2 Å². The molecule has 0 unspecified atom stereocenters. The smallest absolute Gasteiger partial charge is 0.273 e. The van der Waals surface area contributed by atoms with Gasteiger partial charge in [-0.05, 0) is 23.3 Å². The van der Waals surface area contributed by atoms with Crippen molar-refractivity contribution in [3.05, 3.63) is 110 Å². The van der Waals surface area contributed by atoms with Crippen LogP contribution in [0, 0.1) is 10.1 Å². The Morgan fingerprint density at radius 3 is 2.29 bits per heavy atom. The molecule has 0 radical (unpaired) electrons. The van der Waals surface area contributed by atoms with Crippen LogP contribution in [0.5, 0.6) is 0 Å². The second-order valence-electron chi connectivity index (χ2n) is 7.65. The van der Waals surface area contributed by atoms with Gasteiger partial charge in [0.15, 0.2) is 0 Å². The summed E-state index contributed by atoms with van der Waals surface area (Å²) in [5.74, 6) is -0.773. The van der Waals surface area contributed by atoms with Crippen molar-refractivity contribution in [3.8, 4) is 0 Å². The molecule has 9 heteroatoms. The van der Waals surface area contributed by atoms with Crippen molar-refractivity contribution in [2.45, 2.75) is 25.4 Å². The van der Waals surface area contributed by atoms with Gasteiger partial charge < -0.3 is 10.2 Å². The quantitative estimate of drug-likeness (QED) is 0.337. The van der Waals surface area contributed by atoms with Crippen molar-refractivity contribution in [2.75, 3.05) is 7.05 Å². The van der Waals surface area contributed by atoms with Crippen LogP contribution in [0.1, 0.15) is 16.7 Å². The number of nitro groups is 1. The van der Waals surface area contributed by atoms with Gasteiger partial charge in [0.05, 0.1) is 21.4 Å². The highest BCUT2D eigenvalue weighted by Gasteiger charge is 2.31. The number of benzene rings is 3. The number of carbonyl (C=O) groups is 2. The molecule has 7 nitrogen and oxygen atoms in total. The second kappa shape index (κ2) is 11.6. The highest BCUT2D eigenvalue weighted by Crippen LogP contribution is 2.25. The summed E-state index contributed by atoms with van der Waals surface area (Å²) in [7, 11) is 1.50. The summed E-state index contributed by atoms with van der Waals surface area (Å²) in [5.41, 5.74) is 1.66. The summed E-state index contributed by atoms with van der Waals surface area (Å²) in [4.78, 5) is 38.9. The minimum absolute atomic E-state index is 0.0707. The van der Waals surface area contributed by atoms with Gasteiger partial charge in [0.1, 0.15) is 6.04 Å². The van der Waals surface area contributed by atoms with Crippen LogP contribution in [0.3, 0.4) is 0 Å². The highest BCUT2D eigenvalue weighted by molar-refractivity contribution is 6.42. The van der Waals surface area contributed by atoms with E-state index in [0.29, 0.717) is 15.6 Å². The van der Waals surface area contributed by atoms with Gasteiger partial charge in [0, 0.05) is 31.6 Å². The normalized spacial score (nSPS) is 11.5. The molecule has 3 rings (SSSR count). The number of nitro benzene ring substituents is 1. The Kier molecular flexibility index (Phi) is 8.62. The number of hydrogen-bond donors (Lipinski definition) is 1. The third-order valence-electron chi connectivity index (χ3n) is 5.38. The summed E-state index contributed by atoms with van der Waals surface area (Å²) in [5, 5.41) is 14.8. The predicted octanol–water partition coefficient (Wildman–Crippen LogP) is 4.83. The van der Waals surface area contributed by atoms with Crippen LogP contribution < -0.4 is 5.32 Å². The van der Waals surface area contributed by atoms with E-state index in [1.807, 2.05) is 30.3 Å². The van der Waals surface area contributed by atoms with Crippen molar-refractivity contribution >= 4 is 40.7 Å². The predicted molar refractivity (Wildman–Crippen MR) is 132 cm³/mol. The first-order chi connectivity index (χ1) is 16.3. The number of rotatable bonds is 9. The Morgan fingerprint density at radius 1 is 0.971 bits per heavy atom. The molecule has 0 spiro atoms. The molecular weight excluding hydrogens is 477 g/mol. The second-order valence-corrected chi connectivity index (χ2v) is 8.47. The number of nitrogens with one attached hydrogen (secondary N) is 1. The maximum absolute atomic E-state index is 13.6. The zero-order chi connectivity index (χ0) is 24.7. The number of amides is 2. The molecule has 2 amide bonds. The first-order valence-corrected chi connectivity index (χ1v) is 11.3. The molecule has 0 aliphatic heterocycles. The fourth-order valence-electron chi connectivity index (χ4n) is 3.66. The fourth-order valence-corrected chi connectivity index (χ4v) is 3.98. The van der Waals surface area contributed by atoms with Gasteiger partial charge in [-0.25, -0.2) is 0 Å². The number of para-hydroxylation sites is 1. The Morgan fingerprint density at radius 2 is 1.65 bits per heavy atom. The molecule has 1 atom stereocenters. The Bertz CT molecular complexity index is 1190. The van der Waals surface area contributed by atoms with Crippen molar-refractivity contribution < 1.29 is 14.5 Å². The first-order valence-electron chi connectivity index (χ1n) is 10.5. The van der Waals surface area contributed by atoms with E-state index in [1.165, 1.54) is 18.0 Å². The lowest BCUT2D eigenvalue weighted by atomic mass is 10.0. The van der Waals surface area contributed by atoms with E-state index in [9.17, 15) is 19.7 Å². The lowest BCUT2D eigenvalue weighted by molar-refractivity contribution is -0.385. The van der Waals surface area contributed by atoms with Gasteiger partial charge >= 0.3 is 0 Å². The maximum atomic E-state index is 13.6. The van der Waals surface area contributed by atoms with Gasteiger partial charge in [-0.1, -0.05) is 77.8 Å². The van der Waals surface area contributed by atoms with Crippen LogP contribution >= 0.6 is 23.2 Å². The van der Waals surface area contributed by atoms with Crippen LogP contribution in [0.2, 0.25) is 10.0 Å². The lowest BCUT2D eigenvalue weighted by Crippen LogP contribution is -2.50. The molecule has 0 bridgehead atoms. The average molecular weight is 500 g/mol. The molecule has 176 valence electrons. The summed E-state index contributed by atoms with van der Waals surface area (Å²) in [6, 6.07) is 19.5. The Balaban J connectivity index is 2.00. The minimum atomic E-state index is -0.850. The zero-order valence-corrected chi connectivity index (χ0v) is 19.9. The zero-order valence-electron chi connectivity index (χ0n) is 18.4. The number of likely N-dealkylation sites (N-methyl/N-ethyl adjacent to an activating group) is 1. The summed E-state index contributed by atoms with van der Waals surface area (Å²) in [6.45, 7) is 0.0707. The Hall–Kier alpha value is -3.42. The van der Waals surface area contributed by atoms with Gasteiger partial charge in [0.2, 0.25) is 11.8 Å². The first kappa shape index (κ1) is 25.2. The number of hydrogen-bond acceptors (Lipinski definition) is 4. The maximum Gasteiger partial charge on any atom is 0.273 e. The SMILES string of the molecule is CNC(=O)[C@H](Cc1ccccc1)N(Cc1ccc(Cl)c(Cl)c1)C(=O)Cc1ccccc1[N+](=O)[O-]. The lowest BCUT2D eigenvalue weighted by Gasteiger charge is -2.31. The molecule has 0 aliphatic carbocycles. The molecular formula is C25H23Cl2N3O4. The number of halogens is 2. The third kappa shape index (κ3) is 6.34. The molecule has 3 aromatic rings. The van der Waals surface area contributed by atoms with E-state index < -0.39 is 16.9 Å². The molecule has 3 aromatic carbocycles. The largest absolute Gasteiger partial charge is 0.357 e. The van der Waals surface area contributed by atoms with Crippen LogP contribution in [-0.4, -0.2) is 34.7 Å². The average Bonchev–Trinajstić information content (AvgIpc) is 2.83. The monoisotopic (exact) mass is 499 g/mol. The molecule has 0 heterocycles. The van der Waals surface area contributed by atoms with E-state index in [0.717, 1.165) is 5.56 Å². The number of nitrogens with zero attached hydrogens (tertiary/aromatic N) is 2. The van der Waals surface area contributed by atoms with Gasteiger partial charge in [-0.3, -0.25) is 19.7 Å². The molecule has 0 aromatic heterocycles. The van der Waals surface area contributed by atoms with Gasteiger partial charge in [0.25, 0.3) is 5.69 Å². The molecule has 34 heavy (non-hydrogen) atoms.